The van der Waals surface area contributed by atoms with Gasteiger partial charge in [-0.1, -0.05) is 29.8 Å². The highest BCUT2D eigenvalue weighted by molar-refractivity contribution is 5.24. The summed E-state index contributed by atoms with van der Waals surface area (Å²) in [7, 11) is 0. The van der Waals surface area contributed by atoms with Crippen LogP contribution in [0.2, 0.25) is 0 Å². The lowest BCUT2D eigenvalue weighted by Gasteiger charge is -2.43. The Balaban J connectivity index is 1.78. The topological polar surface area (TPSA) is 6.48 Å². The number of benzene rings is 1. The number of rotatable bonds is 2. The molecule has 2 aliphatic rings. The van der Waals surface area contributed by atoms with Crippen LogP contribution < -0.4 is 0 Å². The zero-order valence-corrected chi connectivity index (χ0v) is 11.6. The molecule has 3 rings (SSSR count). The van der Waals surface area contributed by atoms with E-state index in [0.29, 0.717) is 12.2 Å². The van der Waals surface area contributed by atoms with Gasteiger partial charge in [0.1, 0.15) is 0 Å². The first-order chi connectivity index (χ1) is 8.75. The van der Waals surface area contributed by atoms with Crippen molar-refractivity contribution in [1.29, 1.82) is 0 Å². The average molecular weight is 244 g/mol. The molecule has 0 N–H and O–H groups in total. The van der Waals surface area contributed by atoms with Gasteiger partial charge in [0.05, 0.1) is 6.17 Å². The van der Waals surface area contributed by atoms with Gasteiger partial charge in [-0.15, -0.1) is 0 Å². The van der Waals surface area contributed by atoms with Crippen LogP contribution in [-0.2, 0) is 0 Å². The molecule has 0 aliphatic carbocycles. The maximum absolute atomic E-state index is 2.71. The van der Waals surface area contributed by atoms with Crippen LogP contribution in [-0.4, -0.2) is 35.6 Å². The van der Waals surface area contributed by atoms with E-state index in [1.807, 2.05) is 0 Å². The lowest BCUT2D eigenvalue weighted by molar-refractivity contribution is 0.00671. The Kier molecular flexibility index (Phi) is 3.40. The van der Waals surface area contributed by atoms with Gasteiger partial charge >= 0.3 is 0 Å². The van der Waals surface area contributed by atoms with Gasteiger partial charge in [0.25, 0.3) is 0 Å². The standard InChI is InChI=1S/C16H24N2/c1-13-6-8-15(9-7-13)14(2)18-12-4-11-17-10-3-5-16(17)18/h6-9,14,16H,3-5,10-12H2,1-2H3. The number of fused-ring (bicyclic) bond motifs is 1. The molecule has 18 heavy (non-hydrogen) atoms. The lowest BCUT2D eigenvalue weighted by atomic mass is 10.0. The highest BCUT2D eigenvalue weighted by Crippen LogP contribution is 2.32. The van der Waals surface area contributed by atoms with E-state index in [-0.39, 0.29) is 0 Å². The van der Waals surface area contributed by atoms with E-state index in [9.17, 15) is 0 Å². The molecule has 0 radical (unpaired) electrons. The molecule has 0 aromatic heterocycles. The number of nitrogens with zero attached hydrogens (tertiary/aromatic N) is 2. The van der Waals surface area contributed by atoms with Crippen molar-refractivity contribution in [2.75, 3.05) is 19.6 Å². The largest absolute Gasteiger partial charge is 0.288 e. The van der Waals surface area contributed by atoms with Crippen molar-refractivity contribution in [1.82, 2.24) is 9.80 Å². The molecule has 0 saturated carbocycles. The summed E-state index contributed by atoms with van der Waals surface area (Å²) in [6.45, 7) is 8.40. The molecule has 98 valence electrons. The second-order valence-corrected chi connectivity index (χ2v) is 5.84. The third kappa shape index (κ3) is 2.19. The monoisotopic (exact) mass is 244 g/mol. The maximum atomic E-state index is 2.71. The summed E-state index contributed by atoms with van der Waals surface area (Å²) in [5, 5.41) is 0. The quantitative estimate of drug-likeness (QED) is 0.788. The molecule has 2 heteroatoms. The summed E-state index contributed by atoms with van der Waals surface area (Å²) >= 11 is 0. The van der Waals surface area contributed by atoms with Crippen molar-refractivity contribution in [3.05, 3.63) is 35.4 Å². The van der Waals surface area contributed by atoms with E-state index >= 15 is 0 Å². The summed E-state index contributed by atoms with van der Waals surface area (Å²) in [4.78, 5) is 5.38. The number of hydrogen-bond acceptors (Lipinski definition) is 2. The Morgan fingerprint density at radius 3 is 2.56 bits per heavy atom. The summed E-state index contributed by atoms with van der Waals surface area (Å²) in [5.74, 6) is 0. The van der Waals surface area contributed by atoms with Crippen LogP contribution in [0.3, 0.4) is 0 Å². The first-order valence-electron chi connectivity index (χ1n) is 7.32. The molecular formula is C16H24N2. The van der Waals surface area contributed by atoms with Crippen molar-refractivity contribution >= 4 is 0 Å². The second-order valence-electron chi connectivity index (χ2n) is 5.84. The zero-order chi connectivity index (χ0) is 12.5. The normalized spacial score (nSPS) is 27.1. The molecule has 0 spiro atoms. The Morgan fingerprint density at radius 2 is 1.78 bits per heavy atom. The number of hydrogen-bond donors (Lipinski definition) is 0. The minimum absolute atomic E-state index is 0.552. The first kappa shape index (κ1) is 12.2. The Hall–Kier alpha value is -0.860. The number of aryl methyl sites for hydroxylation is 1. The summed E-state index contributed by atoms with van der Waals surface area (Å²) in [5.41, 5.74) is 2.82. The molecule has 2 atom stereocenters. The third-order valence-corrected chi connectivity index (χ3v) is 4.63. The van der Waals surface area contributed by atoms with Crippen molar-refractivity contribution < 1.29 is 0 Å². The van der Waals surface area contributed by atoms with Gasteiger partial charge < -0.3 is 0 Å². The summed E-state index contributed by atoms with van der Waals surface area (Å²) in [6, 6.07) is 9.63. The van der Waals surface area contributed by atoms with Crippen LogP contribution in [0.1, 0.15) is 43.4 Å². The molecule has 2 heterocycles. The van der Waals surface area contributed by atoms with Crippen LogP contribution in [0.15, 0.2) is 24.3 Å². The third-order valence-electron chi connectivity index (χ3n) is 4.63. The van der Waals surface area contributed by atoms with Gasteiger partial charge in [0, 0.05) is 19.1 Å². The fourth-order valence-corrected chi connectivity index (χ4v) is 3.54. The first-order valence-corrected chi connectivity index (χ1v) is 7.32. The maximum Gasteiger partial charge on any atom is 0.0628 e. The van der Waals surface area contributed by atoms with Crippen LogP contribution in [0.25, 0.3) is 0 Å². The minimum Gasteiger partial charge on any atom is -0.288 e. The van der Waals surface area contributed by atoms with Crippen LogP contribution in [0, 0.1) is 6.92 Å². The summed E-state index contributed by atoms with van der Waals surface area (Å²) < 4.78 is 0. The van der Waals surface area contributed by atoms with E-state index in [1.54, 1.807) is 0 Å². The predicted octanol–water partition coefficient (Wildman–Crippen LogP) is 3.18. The molecule has 2 saturated heterocycles. The van der Waals surface area contributed by atoms with Crippen molar-refractivity contribution in [3.8, 4) is 0 Å². The molecule has 0 amide bonds. The Labute approximate surface area is 111 Å². The fourth-order valence-electron chi connectivity index (χ4n) is 3.54. The molecule has 1 aromatic rings. The predicted molar refractivity (Wildman–Crippen MR) is 75.5 cm³/mol. The smallest absolute Gasteiger partial charge is 0.0628 e. The highest BCUT2D eigenvalue weighted by Gasteiger charge is 2.35. The SMILES string of the molecule is Cc1ccc(C(C)N2CCCN3CCCC32)cc1. The lowest BCUT2D eigenvalue weighted by Crippen LogP contribution is -2.51. The molecule has 1 aromatic carbocycles. The van der Waals surface area contributed by atoms with E-state index < -0.39 is 0 Å². The molecule has 2 fully saturated rings. The van der Waals surface area contributed by atoms with Gasteiger partial charge in [-0.05, 0) is 45.2 Å². The van der Waals surface area contributed by atoms with Crippen LogP contribution in [0.5, 0.6) is 0 Å². The van der Waals surface area contributed by atoms with Gasteiger partial charge in [-0.25, -0.2) is 0 Å². The minimum atomic E-state index is 0.552. The van der Waals surface area contributed by atoms with E-state index in [2.05, 4.69) is 47.9 Å². The van der Waals surface area contributed by atoms with Gasteiger partial charge in [-0.2, -0.15) is 0 Å². The second kappa shape index (κ2) is 5.02. The molecule has 2 nitrogen and oxygen atoms in total. The molecular weight excluding hydrogens is 220 g/mol. The average Bonchev–Trinajstić information content (AvgIpc) is 2.87. The van der Waals surface area contributed by atoms with E-state index in [1.165, 1.54) is 50.0 Å². The fraction of sp³-hybridized carbons (Fsp3) is 0.625. The zero-order valence-electron chi connectivity index (χ0n) is 11.6. The Bertz CT molecular complexity index is 398. The Morgan fingerprint density at radius 1 is 1.06 bits per heavy atom. The van der Waals surface area contributed by atoms with E-state index in [0.717, 1.165) is 0 Å². The highest BCUT2D eigenvalue weighted by atomic mass is 15.4. The van der Waals surface area contributed by atoms with Crippen molar-refractivity contribution in [3.63, 3.8) is 0 Å². The summed E-state index contributed by atoms with van der Waals surface area (Å²) in [6.07, 6.45) is 4.76. The van der Waals surface area contributed by atoms with E-state index in [4.69, 9.17) is 0 Å². The van der Waals surface area contributed by atoms with Crippen LogP contribution in [0.4, 0.5) is 0 Å². The van der Waals surface area contributed by atoms with Gasteiger partial charge in [0.2, 0.25) is 0 Å². The van der Waals surface area contributed by atoms with Crippen molar-refractivity contribution in [2.24, 2.45) is 0 Å². The molecule has 0 bridgehead atoms. The van der Waals surface area contributed by atoms with Crippen molar-refractivity contribution in [2.45, 2.75) is 45.3 Å². The van der Waals surface area contributed by atoms with Crippen LogP contribution >= 0.6 is 0 Å². The van der Waals surface area contributed by atoms with Gasteiger partial charge in [-0.3, -0.25) is 9.80 Å². The molecule has 2 aliphatic heterocycles. The molecule has 2 unspecified atom stereocenters. The van der Waals surface area contributed by atoms with Gasteiger partial charge in [0.15, 0.2) is 0 Å².